The lowest BCUT2D eigenvalue weighted by molar-refractivity contribution is 0.397. The summed E-state index contributed by atoms with van der Waals surface area (Å²) in [6.45, 7) is 0. The highest BCUT2D eigenvalue weighted by Crippen LogP contribution is 2.26. The fourth-order valence-corrected chi connectivity index (χ4v) is 1.71. The molecular weight excluding hydrogens is 224 g/mol. The minimum absolute atomic E-state index is 0.427. The monoisotopic (exact) mass is 234 g/mol. The molecule has 2 aromatic rings. The van der Waals surface area contributed by atoms with Crippen LogP contribution in [-0.4, -0.2) is 17.1 Å². The van der Waals surface area contributed by atoms with E-state index in [-0.39, 0.29) is 0 Å². The summed E-state index contributed by atoms with van der Waals surface area (Å²) in [5.74, 6) is 1.00. The molecule has 0 aliphatic rings. The highest BCUT2D eigenvalue weighted by Gasteiger charge is 2.06. The first-order valence-corrected chi connectivity index (χ1v) is 5.38. The van der Waals surface area contributed by atoms with Gasteiger partial charge in [0, 0.05) is 36.1 Å². The van der Waals surface area contributed by atoms with E-state index in [1.54, 1.807) is 25.7 Å². The zero-order chi connectivity index (χ0) is 11.4. The molecule has 0 aliphatic carbocycles. The Bertz CT molecular complexity index is 474. The van der Waals surface area contributed by atoms with Gasteiger partial charge in [-0.25, -0.2) is 4.98 Å². The maximum Gasteiger partial charge on any atom is 0.213 e. The third-order valence-corrected chi connectivity index (χ3v) is 2.60. The maximum atomic E-state index is 5.91. The molecular formula is C12H11ClN2O. The second-order valence-corrected chi connectivity index (χ2v) is 3.52. The van der Waals surface area contributed by atoms with Gasteiger partial charge in [-0.1, -0.05) is 0 Å². The summed E-state index contributed by atoms with van der Waals surface area (Å²) in [4.78, 5) is 8.16. The quantitative estimate of drug-likeness (QED) is 0.766. The molecule has 0 saturated heterocycles. The van der Waals surface area contributed by atoms with Crippen molar-refractivity contribution in [2.24, 2.45) is 0 Å². The molecule has 0 amide bonds. The van der Waals surface area contributed by atoms with Crippen molar-refractivity contribution in [3.05, 3.63) is 42.4 Å². The van der Waals surface area contributed by atoms with E-state index in [4.69, 9.17) is 16.3 Å². The topological polar surface area (TPSA) is 35.0 Å². The molecule has 0 atom stereocenters. The first-order valence-electron chi connectivity index (χ1n) is 4.84. The van der Waals surface area contributed by atoms with E-state index in [2.05, 4.69) is 9.97 Å². The summed E-state index contributed by atoms with van der Waals surface area (Å²) in [5.41, 5.74) is 3.07. The lowest BCUT2D eigenvalue weighted by atomic mass is 10.0. The first kappa shape index (κ1) is 10.9. The van der Waals surface area contributed by atoms with Crippen LogP contribution in [0.1, 0.15) is 5.56 Å². The Morgan fingerprint density at radius 2 is 2.06 bits per heavy atom. The minimum Gasteiger partial charge on any atom is -0.481 e. The molecule has 3 nitrogen and oxygen atoms in total. The standard InChI is InChI=1S/C12H11ClN2O/c1-16-12-6-10(7-13)11(8-15-12)9-2-4-14-5-3-9/h2-6,8H,7H2,1H3. The van der Waals surface area contributed by atoms with Crippen LogP contribution in [0.3, 0.4) is 0 Å². The van der Waals surface area contributed by atoms with Gasteiger partial charge >= 0.3 is 0 Å². The molecule has 0 fully saturated rings. The largest absolute Gasteiger partial charge is 0.481 e. The molecule has 0 bridgehead atoms. The van der Waals surface area contributed by atoms with Gasteiger partial charge in [-0.2, -0.15) is 0 Å². The van der Waals surface area contributed by atoms with Crippen LogP contribution >= 0.6 is 11.6 Å². The van der Waals surface area contributed by atoms with Crippen molar-refractivity contribution in [3.8, 4) is 17.0 Å². The van der Waals surface area contributed by atoms with Crippen LogP contribution in [0.5, 0.6) is 5.88 Å². The van der Waals surface area contributed by atoms with E-state index in [1.807, 2.05) is 18.2 Å². The smallest absolute Gasteiger partial charge is 0.213 e. The third kappa shape index (κ3) is 2.14. The molecule has 4 heteroatoms. The first-order chi connectivity index (χ1) is 7.85. The van der Waals surface area contributed by atoms with Crippen LogP contribution in [0.2, 0.25) is 0 Å². The molecule has 0 N–H and O–H groups in total. The van der Waals surface area contributed by atoms with Crippen LogP contribution in [0.15, 0.2) is 36.8 Å². The van der Waals surface area contributed by atoms with Gasteiger partial charge in [0.15, 0.2) is 0 Å². The Balaban J connectivity index is 2.49. The number of halogens is 1. The highest BCUT2D eigenvalue weighted by atomic mass is 35.5. The fourth-order valence-electron chi connectivity index (χ4n) is 1.49. The molecule has 0 radical (unpaired) electrons. The lowest BCUT2D eigenvalue weighted by Gasteiger charge is -2.08. The number of methoxy groups -OCH3 is 1. The van der Waals surface area contributed by atoms with Gasteiger partial charge in [0.05, 0.1) is 7.11 Å². The average Bonchev–Trinajstić information content (AvgIpc) is 2.39. The van der Waals surface area contributed by atoms with Crippen molar-refractivity contribution in [1.82, 2.24) is 9.97 Å². The third-order valence-electron chi connectivity index (χ3n) is 2.31. The summed E-state index contributed by atoms with van der Waals surface area (Å²) in [6, 6.07) is 5.71. The van der Waals surface area contributed by atoms with Gasteiger partial charge in [0.1, 0.15) is 0 Å². The van der Waals surface area contributed by atoms with Crippen molar-refractivity contribution in [2.45, 2.75) is 5.88 Å². The summed E-state index contributed by atoms with van der Waals surface area (Å²) < 4.78 is 5.07. The van der Waals surface area contributed by atoms with Crippen molar-refractivity contribution in [3.63, 3.8) is 0 Å². The molecule has 82 valence electrons. The summed E-state index contributed by atoms with van der Waals surface area (Å²) >= 11 is 5.91. The van der Waals surface area contributed by atoms with E-state index < -0.39 is 0 Å². The number of ether oxygens (including phenoxy) is 1. The number of hydrogen-bond donors (Lipinski definition) is 0. The van der Waals surface area contributed by atoms with Gasteiger partial charge < -0.3 is 4.74 Å². The maximum absolute atomic E-state index is 5.91. The molecule has 0 aromatic carbocycles. The van der Waals surface area contributed by atoms with Crippen molar-refractivity contribution in [1.29, 1.82) is 0 Å². The number of rotatable bonds is 3. The summed E-state index contributed by atoms with van der Waals surface area (Å²) in [6.07, 6.45) is 5.26. The number of aromatic nitrogens is 2. The highest BCUT2D eigenvalue weighted by molar-refractivity contribution is 6.17. The minimum atomic E-state index is 0.427. The zero-order valence-electron chi connectivity index (χ0n) is 8.85. The van der Waals surface area contributed by atoms with Gasteiger partial charge in [0.25, 0.3) is 0 Å². The normalized spacial score (nSPS) is 10.1. The summed E-state index contributed by atoms with van der Waals surface area (Å²) in [5, 5.41) is 0. The average molecular weight is 235 g/mol. The van der Waals surface area contributed by atoms with Gasteiger partial charge in [-0.3, -0.25) is 4.98 Å². The second-order valence-electron chi connectivity index (χ2n) is 3.25. The van der Waals surface area contributed by atoms with E-state index in [0.29, 0.717) is 11.8 Å². The second kappa shape index (κ2) is 4.94. The Labute approximate surface area is 99.1 Å². The predicted octanol–water partition coefficient (Wildman–Crippen LogP) is 2.89. The molecule has 2 heterocycles. The van der Waals surface area contributed by atoms with Crippen LogP contribution in [0, 0.1) is 0 Å². The van der Waals surface area contributed by atoms with Gasteiger partial charge in [-0.15, -0.1) is 11.6 Å². The van der Waals surface area contributed by atoms with Crippen LogP contribution in [0.25, 0.3) is 11.1 Å². The predicted molar refractivity (Wildman–Crippen MR) is 63.6 cm³/mol. The molecule has 2 rings (SSSR count). The molecule has 0 aliphatic heterocycles. The van der Waals surface area contributed by atoms with Crippen LogP contribution < -0.4 is 4.74 Å². The van der Waals surface area contributed by atoms with Gasteiger partial charge in [0.2, 0.25) is 5.88 Å². The lowest BCUT2D eigenvalue weighted by Crippen LogP contribution is -1.93. The Morgan fingerprint density at radius 1 is 1.31 bits per heavy atom. The van der Waals surface area contributed by atoms with Crippen molar-refractivity contribution < 1.29 is 4.74 Å². The number of hydrogen-bond acceptors (Lipinski definition) is 3. The van der Waals surface area contributed by atoms with E-state index in [1.165, 1.54) is 0 Å². The fraction of sp³-hybridized carbons (Fsp3) is 0.167. The van der Waals surface area contributed by atoms with Crippen LogP contribution in [0.4, 0.5) is 0 Å². The van der Waals surface area contributed by atoms with E-state index >= 15 is 0 Å². The molecule has 2 aromatic heterocycles. The SMILES string of the molecule is COc1cc(CCl)c(-c2ccncc2)cn1. The molecule has 0 spiro atoms. The van der Waals surface area contributed by atoms with Crippen LogP contribution in [-0.2, 0) is 5.88 Å². The number of nitrogens with zero attached hydrogens (tertiary/aromatic N) is 2. The van der Waals surface area contributed by atoms with Crippen molar-refractivity contribution in [2.75, 3.05) is 7.11 Å². The van der Waals surface area contributed by atoms with E-state index in [9.17, 15) is 0 Å². The Morgan fingerprint density at radius 3 is 2.69 bits per heavy atom. The van der Waals surface area contributed by atoms with Crippen molar-refractivity contribution >= 4 is 11.6 Å². The summed E-state index contributed by atoms with van der Waals surface area (Å²) in [7, 11) is 1.59. The molecule has 0 saturated carbocycles. The molecule has 0 unspecified atom stereocenters. The Kier molecular flexibility index (Phi) is 3.37. The van der Waals surface area contributed by atoms with E-state index in [0.717, 1.165) is 16.7 Å². The zero-order valence-corrected chi connectivity index (χ0v) is 9.61. The molecule has 16 heavy (non-hydrogen) atoms. The van der Waals surface area contributed by atoms with Gasteiger partial charge in [-0.05, 0) is 23.3 Å². The Hall–Kier alpha value is -1.61. The number of pyridine rings is 2. The number of alkyl halides is 1.